The molecular formula is C20H18ClNO2S. The molecular weight excluding hydrogens is 354 g/mol. The van der Waals surface area contributed by atoms with Gasteiger partial charge in [-0.3, -0.25) is 14.5 Å². The molecule has 0 radical (unpaired) electrons. The number of carbonyl (C=O) groups excluding carboxylic acids is 2. The maximum Gasteiger partial charge on any atom is 0.293 e. The van der Waals surface area contributed by atoms with Gasteiger partial charge in [0.15, 0.2) is 0 Å². The van der Waals surface area contributed by atoms with Crippen LogP contribution in [0.4, 0.5) is 4.79 Å². The van der Waals surface area contributed by atoms with E-state index in [1.54, 1.807) is 18.2 Å². The first kappa shape index (κ1) is 17.8. The second-order valence-corrected chi connectivity index (χ2v) is 7.63. The van der Waals surface area contributed by atoms with Gasteiger partial charge in [-0.1, -0.05) is 41.4 Å². The summed E-state index contributed by atoms with van der Waals surface area (Å²) in [6.07, 6.45) is 1.73. The van der Waals surface area contributed by atoms with E-state index in [2.05, 4.69) is 12.1 Å². The molecule has 0 saturated carbocycles. The average Bonchev–Trinajstić information content (AvgIpc) is 2.80. The third-order valence-corrected chi connectivity index (χ3v) is 5.36. The topological polar surface area (TPSA) is 37.4 Å². The number of amides is 2. The van der Waals surface area contributed by atoms with Gasteiger partial charge in [-0.05, 0) is 73.0 Å². The van der Waals surface area contributed by atoms with Gasteiger partial charge in [0.25, 0.3) is 11.1 Å². The smallest absolute Gasteiger partial charge is 0.268 e. The zero-order valence-corrected chi connectivity index (χ0v) is 15.9. The van der Waals surface area contributed by atoms with Crippen molar-refractivity contribution in [3.8, 4) is 0 Å². The van der Waals surface area contributed by atoms with Gasteiger partial charge in [-0.2, -0.15) is 0 Å². The minimum absolute atomic E-state index is 0.232. The third-order valence-electron chi connectivity index (χ3n) is 4.20. The van der Waals surface area contributed by atoms with Crippen LogP contribution in [0.2, 0.25) is 5.02 Å². The van der Waals surface area contributed by atoms with Crippen LogP contribution in [0, 0.1) is 20.8 Å². The Bertz CT molecular complexity index is 864. The quantitative estimate of drug-likeness (QED) is 0.668. The summed E-state index contributed by atoms with van der Waals surface area (Å²) < 4.78 is 0. The largest absolute Gasteiger partial charge is 0.293 e. The minimum Gasteiger partial charge on any atom is -0.268 e. The predicted octanol–water partition coefficient (Wildman–Crippen LogP) is 5.50. The van der Waals surface area contributed by atoms with Crippen LogP contribution < -0.4 is 0 Å². The van der Waals surface area contributed by atoms with Crippen LogP contribution in [0.15, 0.2) is 41.3 Å². The molecule has 0 aromatic heterocycles. The molecule has 1 aliphatic heterocycles. The Kier molecular flexibility index (Phi) is 5.02. The summed E-state index contributed by atoms with van der Waals surface area (Å²) in [7, 11) is 0. The Morgan fingerprint density at radius 3 is 2.24 bits per heavy atom. The molecule has 5 heteroatoms. The fourth-order valence-corrected chi connectivity index (χ4v) is 3.93. The van der Waals surface area contributed by atoms with E-state index in [0.717, 1.165) is 34.0 Å². The molecule has 1 heterocycles. The number of aryl methyl sites for hydroxylation is 3. The van der Waals surface area contributed by atoms with Crippen molar-refractivity contribution in [1.29, 1.82) is 0 Å². The lowest BCUT2D eigenvalue weighted by Crippen LogP contribution is -2.28. The fourth-order valence-electron chi connectivity index (χ4n) is 2.96. The number of rotatable bonds is 3. The Balaban J connectivity index is 1.86. The van der Waals surface area contributed by atoms with E-state index in [-0.39, 0.29) is 11.1 Å². The fraction of sp³-hybridized carbons (Fsp3) is 0.200. The Hall–Kier alpha value is -2.04. The first-order valence-corrected chi connectivity index (χ1v) is 9.12. The van der Waals surface area contributed by atoms with Crippen molar-refractivity contribution in [2.75, 3.05) is 0 Å². The van der Waals surface area contributed by atoms with Crippen molar-refractivity contribution >= 4 is 40.6 Å². The summed E-state index contributed by atoms with van der Waals surface area (Å²) in [6.45, 7) is 6.37. The highest BCUT2D eigenvalue weighted by atomic mass is 35.5. The predicted molar refractivity (Wildman–Crippen MR) is 104 cm³/mol. The van der Waals surface area contributed by atoms with Crippen LogP contribution in [0.5, 0.6) is 0 Å². The molecule has 1 aliphatic rings. The molecule has 3 rings (SSSR count). The molecule has 128 valence electrons. The van der Waals surface area contributed by atoms with Crippen LogP contribution >= 0.6 is 23.4 Å². The normalized spacial score (nSPS) is 16.2. The van der Waals surface area contributed by atoms with Crippen molar-refractivity contribution < 1.29 is 9.59 Å². The van der Waals surface area contributed by atoms with Gasteiger partial charge in [0.2, 0.25) is 0 Å². The van der Waals surface area contributed by atoms with E-state index in [1.807, 2.05) is 32.9 Å². The second-order valence-electron chi connectivity index (χ2n) is 6.20. The highest BCUT2D eigenvalue weighted by Crippen LogP contribution is 2.34. The van der Waals surface area contributed by atoms with Gasteiger partial charge >= 0.3 is 0 Å². The van der Waals surface area contributed by atoms with Crippen molar-refractivity contribution in [2.24, 2.45) is 0 Å². The van der Waals surface area contributed by atoms with Crippen molar-refractivity contribution in [2.45, 2.75) is 27.3 Å². The molecule has 2 aromatic rings. The van der Waals surface area contributed by atoms with Crippen molar-refractivity contribution in [3.63, 3.8) is 0 Å². The van der Waals surface area contributed by atoms with E-state index in [4.69, 9.17) is 11.6 Å². The number of hydrogen-bond acceptors (Lipinski definition) is 3. The van der Waals surface area contributed by atoms with Gasteiger partial charge in [0, 0.05) is 5.02 Å². The number of thioether (sulfide) groups is 1. The second kappa shape index (κ2) is 7.06. The molecule has 1 saturated heterocycles. The van der Waals surface area contributed by atoms with E-state index in [0.29, 0.717) is 16.5 Å². The molecule has 3 nitrogen and oxygen atoms in total. The molecule has 0 atom stereocenters. The standard InChI is InChI=1S/C20H18ClNO2S/c1-12-8-13(2)17(14(3)9-12)11-22-19(23)18(25-20(22)24)10-15-4-6-16(21)7-5-15/h4-10H,11H2,1-3H3/b18-10-. The Morgan fingerprint density at radius 2 is 1.64 bits per heavy atom. The van der Waals surface area contributed by atoms with Crippen LogP contribution in [-0.2, 0) is 11.3 Å². The summed E-state index contributed by atoms with van der Waals surface area (Å²) in [5, 5.41) is 0.403. The Morgan fingerprint density at radius 1 is 1.04 bits per heavy atom. The highest BCUT2D eigenvalue weighted by molar-refractivity contribution is 8.18. The van der Waals surface area contributed by atoms with E-state index in [9.17, 15) is 9.59 Å². The zero-order chi connectivity index (χ0) is 18.1. The summed E-state index contributed by atoms with van der Waals surface area (Å²) in [5.74, 6) is -0.246. The first-order valence-electron chi connectivity index (χ1n) is 7.93. The molecule has 1 fully saturated rings. The SMILES string of the molecule is Cc1cc(C)c(CN2C(=O)S/C(=C\c3ccc(Cl)cc3)C2=O)c(C)c1. The Labute approximate surface area is 156 Å². The zero-order valence-electron chi connectivity index (χ0n) is 14.3. The molecule has 2 aromatic carbocycles. The van der Waals surface area contributed by atoms with Gasteiger partial charge < -0.3 is 0 Å². The van der Waals surface area contributed by atoms with E-state index >= 15 is 0 Å². The average molecular weight is 372 g/mol. The highest BCUT2D eigenvalue weighted by Gasteiger charge is 2.35. The maximum absolute atomic E-state index is 12.7. The molecule has 0 spiro atoms. The third kappa shape index (κ3) is 3.80. The van der Waals surface area contributed by atoms with Crippen LogP contribution in [0.25, 0.3) is 6.08 Å². The van der Waals surface area contributed by atoms with Crippen LogP contribution in [0.3, 0.4) is 0 Å². The van der Waals surface area contributed by atoms with Gasteiger partial charge in [0.1, 0.15) is 0 Å². The van der Waals surface area contributed by atoms with Crippen molar-refractivity contribution in [1.82, 2.24) is 4.90 Å². The number of halogens is 1. The minimum atomic E-state index is -0.246. The number of benzene rings is 2. The number of imide groups is 1. The molecule has 0 N–H and O–H groups in total. The van der Waals surface area contributed by atoms with E-state index < -0.39 is 0 Å². The lowest BCUT2D eigenvalue weighted by Gasteiger charge is -2.17. The van der Waals surface area contributed by atoms with Crippen LogP contribution in [-0.4, -0.2) is 16.0 Å². The lowest BCUT2D eigenvalue weighted by molar-refractivity contribution is -0.123. The summed E-state index contributed by atoms with van der Waals surface area (Å²) in [6, 6.07) is 11.3. The lowest BCUT2D eigenvalue weighted by atomic mass is 9.99. The molecule has 0 unspecified atom stereocenters. The van der Waals surface area contributed by atoms with Crippen molar-refractivity contribution in [3.05, 3.63) is 74.1 Å². The molecule has 0 bridgehead atoms. The monoisotopic (exact) mass is 371 g/mol. The van der Waals surface area contributed by atoms with Gasteiger partial charge in [-0.15, -0.1) is 0 Å². The number of nitrogens with zero attached hydrogens (tertiary/aromatic N) is 1. The molecule has 0 aliphatic carbocycles. The van der Waals surface area contributed by atoms with E-state index in [1.165, 1.54) is 10.5 Å². The first-order chi connectivity index (χ1) is 11.8. The number of carbonyl (C=O) groups is 2. The van der Waals surface area contributed by atoms with Gasteiger partial charge in [-0.25, -0.2) is 0 Å². The van der Waals surface area contributed by atoms with Gasteiger partial charge in [0.05, 0.1) is 11.4 Å². The van der Waals surface area contributed by atoms with Crippen LogP contribution in [0.1, 0.15) is 27.8 Å². The summed E-state index contributed by atoms with van der Waals surface area (Å²) in [5.41, 5.74) is 5.24. The summed E-state index contributed by atoms with van der Waals surface area (Å²) >= 11 is 6.86. The molecule has 2 amide bonds. The number of hydrogen-bond donors (Lipinski definition) is 0. The summed E-state index contributed by atoms with van der Waals surface area (Å²) in [4.78, 5) is 26.8. The maximum atomic E-state index is 12.7. The molecule has 25 heavy (non-hydrogen) atoms.